The van der Waals surface area contributed by atoms with Gasteiger partial charge in [-0.2, -0.15) is 0 Å². The summed E-state index contributed by atoms with van der Waals surface area (Å²) in [4.78, 5) is 10.5. The molecule has 0 aliphatic carbocycles. The Morgan fingerprint density at radius 1 is 1.31 bits per heavy atom. The van der Waals surface area contributed by atoms with E-state index in [0.29, 0.717) is 6.42 Å². The predicted molar refractivity (Wildman–Crippen MR) is 59.9 cm³/mol. The summed E-state index contributed by atoms with van der Waals surface area (Å²) in [5, 5.41) is 0. The Balaban J connectivity index is 2.07. The van der Waals surface area contributed by atoms with Gasteiger partial charge in [-0.05, 0) is 12.5 Å². The predicted octanol–water partition coefficient (Wildman–Crippen LogP) is 2.47. The third-order valence-electron chi connectivity index (χ3n) is 2.75. The van der Waals surface area contributed by atoms with Crippen LogP contribution in [0.4, 0.5) is 0 Å². The van der Waals surface area contributed by atoms with E-state index in [-0.39, 0.29) is 18.5 Å². The lowest BCUT2D eigenvalue weighted by molar-refractivity contribution is -0.235. The van der Waals surface area contributed by atoms with E-state index >= 15 is 0 Å². The van der Waals surface area contributed by atoms with Crippen molar-refractivity contribution in [2.75, 3.05) is 0 Å². The van der Waals surface area contributed by atoms with Crippen molar-refractivity contribution >= 4 is 6.29 Å². The van der Waals surface area contributed by atoms with Gasteiger partial charge in [0, 0.05) is 12.8 Å². The molecular formula is C13H16O3. The molecule has 1 fully saturated rings. The van der Waals surface area contributed by atoms with Crippen LogP contribution in [-0.4, -0.2) is 18.7 Å². The van der Waals surface area contributed by atoms with Gasteiger partial charge in [-0.1, -0.05) is 30.3 Å². The largest absolute Gasteiger partial charge is 0.349 e. The van der Waals surface area contributed by atoms with Gasteiger partial charge in [-0.3, -0.25) is 0 Å². The van der Waals surface area contributed by atoms with Crippen LogP contribution in [0.15, 0.2) is 30.3 Å². The number of benzene rings is 1. The van der Waals surface area contributed by atoms with Crippen LogP contribution in [0.25, 0.3) is 0 Å². The molecule has 1 heterocycles. The first-order chi connectivity index (χ1) is 7.79. The second kappa shape index (κ2) is 5.23. The van der Waals surface area contributed by atoms with Crippen LogP contribution in [0, 0.1) is 0 Å². The van der Waals surface area contributed by atoms with Crippen LogP contribution in [0.5, 0.6) is 0 Å². The maximum atomic E-state index is 10.5. The Kier molecular flexibility index (Phi) is 3.70. The molecular weight excluding hydrogens is 204 g/mol. The summed E-state index contributed by atoms with van der Waals surface area (Å²) < 4.78 is 11.2. The molecule has 0 saturated carbocycles. The van der Waals surface area contributed by atoms with Gasteiger partial charge in [-0.15, -0.1) is 0 Å². The summed E-state index contributed by atoms with van der Waals surface area (Å²) in [6.07, 6.45) is 1.86. The Labute approximate surface area is 95.4 Å². The van der Waals surface area contributed by atoms with E-state index in [1.54, 1.807) is 0 Å². The number of carbonyl (C=O) groups excluding carboxylic acids is 1. The molecule has 1 unspecified atom stereocenters. The van der Waals surface area contributed by atoms with Gasteiger partial charge in [0.15, 0.2) is 6.29 Å². The third kappa shape index (κ3) is 2.68. The summed E-state index contributed by atoms with van der Waals surface area (Å²) in [5.41, 5.74) is 1.15. The van der Waals surface area contributed by atoms with Gasteiger partial charge in [0.1, 0.15) is 6.29 Å². The normalized spacial score (nSPS) is 29.9. The molecule has 0 spiro atoms. The van der Waals surface area contributed by atoms with Gasteiger partial charge in [0.2, 0.25) is 0 Å². The molecule has 1 aromatic carbocycles. The van der Waals surface area contributed by atoms with Gasteiger partial charge < -0.3 is 14.3 Å². The number of hydrogen-bond acceptors (Lipinski definition) is 3. The molecule has 1 aliphatic heterocycles. The van der Waals surface area contributed by atoms with Crippen molar-refractivity contribution in [2.24, 2.45) is 0 Å². The van der Waals surface area contributed by atoms with Crippen LogP contribution in [-0.2, 0) is 14.3 Å². The number of hydrogen-bond donors (Lipinski definition) is 0. The van der Waals surface area contributed by atoms with Gasteiger partial charge in [0.05, 0.1) is 12.2 Å². The lowest BCUT2D eigenvalue weighted by atomic mass is 10.0. The fourth-order valence-corrected chi connectivity index (χ4v) is 2.03. The molecule has 0 radical (unpaired) electrons. The Hall–Kier alpha value is -1.19. The SMILES string of the molecule is C[C@@H]1OC(CC=O)C[C@H](c2ccccc2)O1. The fraction of sp³-hybridized carbons (Fsp3) is 0.462. The summed E-state index contributed by atoms with van der Waals surface area (Å²) in [5.74, 6) is 0. The summed E-state index contributed by atoms with van der Waals surface area (Å²) in [7, 11) is 0. The van der Waals surface area contributed by atoms with E-state index in [1.165, 1.54) is 0 Å². The van der Waals surface area contributed by atoms with Crippen molar-refractivity contribution in [1.29, 1.82) is 0 Å². The molecule has 3 nitrogen and oxygen atoms in total. The molecule has 0 amide bonds. The average Bonchev–Trinajstić information content (AvgIpc) is 2.30. The first-order valence-electron chi connectivity index (χ1n) is 5.59. The summed E-state index contributed by atoms with van der Waals surface area (Å²) in [6.45, 7) is 1.87. The van der Waals surface area contributed by atoms with Crippen LogP contribution in [0.1, 0.15) is 31.4 Å². The molecule has 3 atom stereocenters. The molecule has 3 heteroatoms. The highest BCUT2D eigenvalue weighted by Gasteiger charge is 2.28. The highest BCUT2D eigenvalue weighted by Crippen LogP contribution is 2.31. The van der Waals surface area contributed by atoms with E-state index in [9.17, 15) is 4.79 Å². The molecule has 1 aromatic rings. The highest BCUT2D eigenvalue weighted by atomic mass is 16.7. The molecule has 1 aliphatic rings. The van der Waals surface area contributed by atoms with E-state index < -0.39 is 0 Å². The lowest BCUT2D eigenvalue weighted by Crippen LogP contribution is -2.32. The van der Waals surface area contributed by atoms with Crippen LogP contribution in [0.2, 0.25) is 0 Å². The molecule has 2 rings (SSSR count). The maximum absolute atomic E-state index is 10.5. The Morgan fingerprint density at radius 3 is 2.75 bits per heavy atom. The minimum Gasteiger partial charge on any atom is -0.349 e. The Morgan fingerprint density at radius 2 is 2.06 bits per heavy atom. The second-order valence-corrected chi connectivity index (χ2v) is 4.00. The second-order valence-electron chi connectivity index (χ2n) is 4.00. The van der Waals surface area contributed by atoms with E-state index in [0.717, 1.165) is 18.3 Å². The van der Waals surface area contributed by atoms with Crippen molar-refractivity contribution < 1.29 is 14.3 Å². The standard InChI is InChI=1S/C13H16O3/c1-10-15-12(7-8-14)9-13(16-10)11-5-3-2-4-6-11/h2-6,8,10,12-13H,7,9H2,1H3/t10-,12?,13-/m1/s1. The quantitative estimate of drug-likeness (QED) is 0.734. The molecule has 86 valence electrons. The Bertz CT molecular complexity index is 336. The van der Waals surface area contributed by atoms with Gasteiger partial charge >= 0.3 is 0 Å². The smallest absolute Gasteiger partial charge is 0.156 e. The molecule has 0 N–H and O–H groups in total. The molecule has 1 saturated heterocycles. The minimum absolute atomic E-state index is 0.0218. The third-order valence-corrected chi connectivity index (χ3v) is 2.75. The maximum Gasteiger partial charge on any atom is 0.156 e. The zero-order valence-electron chi connectivity index (χ0n) is 9.34. The number of carbonyl (C=O) groups is 1. The van der Waals surface area contributed by atoms with Crippen molar-refractivity contribution in [3.8, 4) is 0 Å². The van der Waals surface area contributed by atoms with Gasteiger partial charge in [-0.25, -0.2) is 0 Å². The number of aldehydes is 1. The fourth-order valence-electron chi connectivity index (χ4n) is 2.03. The average molecular weight is 220 g/mol. The van der Waals surface area contributed by atoms with Gasteiger partial charge in [0.25, 0.3) is 0 Å². The van der Waals surface area contributed by atoms with Crippen molar-refractivity contribution in [1.82, 2.24) is 0 Å². The highest BCUT2D eigenvalue weighted by molar-refractivity contribution is 5.50. The topological polar surface area (TPSA) is 35.5 Å². The van der Waals surface area contributed by atoms with E-state index in [1.807, 2.05) is 37.3 Å². The van der Waals surface area contributed by atoms with E-state index in [2.05, 4.69) is 0 Å². The number of ether oxygens (including phenoxy) is 2. The number of rotatable bonds is 3. The van der Waals surface area contributed by atoms with Crippen LogP contribution >= 0.6 is 0 Å². The van der Waals surface area contributed by atoms with Crippen molar-refractivity contribution in [3.05, 3.63) is 35.9 Å². The van der Waals surface area contributed by atoms with E-state index in [4.69, 9.17) is 9.47 Å². The van der Waals surface area contributed by atoms with Crippen LogP contribution < -0.4 is 0 Å². The van der Waals surface area contributed by atoms with Crippen LogP contribution in [0.3, 0.4) is 0 Å². The minimum atomic E-state index is -0.246. The first kappa shape index (κ1) is 11.3. The summed E-state index contributed by atoms with van der Waals surface area (Å²) in [6, 6.07) is 10.1. The van der Waals surface area contributed by atoms with Crippen molar-refractivity contribution in [3.63, 3.8) is 0 Å². The molecule has 0 bridgehead atoms. The molecule has 0 aromatic heterocycles. The lowest BCUT2D eigenvalue weighted by Gasteiger charge is -2.33. The monoisotopic (exact) mass is 220 g/mol. The summed E-state index contributed by atoms with van der Waals surface area (Å²) >= 11 is 0. The zero-order chi connectivity index (χ0) is 11.4. The molecule has 16 heavy (non-hydrogen) atoms. The first-order valence-corrected chi connectivity index (χ1v) is 5.59. The zero-order valence-corrected chi connectivity index (χ0v) is 9.34. The van der Waals surface area contributed by atoms with Crippen molar-refractivity contribution in [2.45, 2.75) is 38.3 Å².